The number of pyridine rings is 1. The van der Waals surface area contributed by atoms with Crippen LogP contribution in [0.25, 0.3) is 11.5 Å². The highest BCUT2D eigenvalue weighted by molar-refractivity contribution is 5.52. The van der Waals surface area contributed by atoms with Crippen LogP contribution in [0.1, 0.15) is 31.4 Å². The highest BCUT2D eigenvalue weighted by Gasteiger charge is 2.16. The first kappa shape index (κ1) is 13.6. The number of nitrogens with zero attached hydrogens (tertiary/aromatic N) is 3. The summed E-state index contributed by atoms with van der Waals surface area (Å²) in [7, 11) is 0. The lowest BCUT2D eigenvalue weighted by molar-refractivity contribution is 0.0665. The van der Waals surface area contributed by atoms with Crippen molar-refractivity contribution in [3.63, 3.8) is 0 Å². The van der Waals surface area contributed by atoms with E-state index in [2.05, 4.69) is 15.1 Å². The topological polar surface area (TPSA) is 87.1 Å². The van der Waals surface area contributed by atoms with Crippen molar-refractivity contribution in [2.24, 2.45) is 5.73 Å². The molecule has 2 N–H and O–H groups in total. The third-order valence-electron chi connectivity index (χ3n) is 2.53. The SMILES string of the molecule is Cc1cc(-c2nc(C(N)COC(C)C)no2)ccn1. The van der Waals surface area contributed by atoms with Gasteiger partial charge in [0, 0.05) is 17.5 Å². The number of rotatable bonds is 5. The molecule has 0 radical (unpaired) electrons. The molecule has 1 atom stereocenters. The largest absolute Gasteiger partial charge is 0.377 e. The summed E-state index contributed by atoms with van der Waals surface area (Å²) in [5.41, 5.74) is 7.67. The summed E-state index contributed by atoms with van der Waals surface area (Å²) in [6, 6.07) is 3.32. The molecule has 1 unspecified atom stereocenters. The Morgan fingerprint density at radius 2 is 2.21 bits per heavy atom. The second-order valence-corrected chi connectivity index (χ2v) is 4.63. The van der Waals surface area contributed by atoms with E-state index in [1.807, 2.05) is 32.9 Å². The van der Waals surface area contributed by atoms with Crippen LogP contribution in [0.2, 0.25) is 0 Å². The molecule has 2 rings (SSSR count). The van der Waals surface area contributed by atoms with E-state index in [0.29, 0.717) is 18.3 Å². The lowest BCUT2D eigenvalue weighted by Gasteiger charge is -2.10. The van der Waals surface area contributed by atoms with E-state index >= 15 is 0 Å². The summed E-state index contributed by atoms with van der Waals surface area (Å²) in [6.45, 7) is 6.18. The molecule has 102 valence electrons. The van der Waals surface area contributed by atoms with Crippen LogP contribution in [0.15, 0.2) is 22.9 Å². The van der Waals surface area contributed by atoms with Gasteiger partial charge in [-0.1, -0.05) is 5.16 Å². The normalized spacial score (nSPS) is 12.9. The summed E-state index contributed by atoms with van der Waals surface area (Å²) in [6.07, 6.45) is 1.83. The van der Waals surface area contributed by atoms with Crippen LogP contribution in [0.4, 0.5) is 0 Å². The summed E-state index contributed by atoms with van der Waals surface area (Å²) < 4.78 is 10.6. The Balaban J connectivity index is 2.10. The second-order valence-electron chi connectivity index (χ2n) is 4.63. The number of nitrogens with two attached hydrogens (primary N) is 1. The van der Waals surface area contributed by atoms with Crippen LogP contribution in [0.5, 0.6) is 0 Å². The molecule has 0 aliphatic rings. The standard InChI is InChI=1S/C13H18N4O2/c1-8(2)18-7-11(14)12-16-13(19-17-12)10-4-5-15-9(3)6-10/h4-6,8,11H,7,14H2,1-3H3. The maximum Gasteiger partial charge on any atom is 0.258 e. The van der Waals surface area contributed by atoms with Gasteiger partial charge in [-0.05, 0) is 32.9 Å². The number of aromatic nitrogens is 3. The first-order valence-corrected chi connectivity index (χ1v) is 6.20. The molecule has 0 spiro atoms. The molecule has 0 aromatic carbocycles. The van der Waals surface area contributed by atoms with E-state index in [1.54, 1.807) is 6.20 Å². The van der Waals surface area contributed by atoms with Gasteiger partial charge in [-0.25, -0.2) is 0 Å². The van der Waals surface area contributed by atoms with Gasteiger partial charge in [-0.3, -0.25) is 4.98 Å². The Kier molecular flexibility index (Phi) is 4.24. The van der Waals surface area contributed by atoms with Gasteiger partial charge < -0.3 is 15.0 Å². The minimum Gasteiger partial charge on any atom is -0.377 e. The Morgan fingerprint density at radius 1 is 1.42 bits per heavy atom. The fraction of sp³-hybridized carbons (Fsp3) is 0.462. The Labute approximate surface area is 112 Å². The van der Waals surface area contributed by atoms with Gasteiger partial charge in [-0.2, -0.15) is 4.98 Å². The molecule has 19 heavy (non-hydrogen) atoms. The van der Waals surface area contributed by atoms with E-state index in [4.69, 9.17) is 15.0 Å². The zero-order chi connectivity index (χ0) is 13.8. The maximum absolute atomic E-state index is 5.94. The Morgan fingerprint density at radius 3 is 2.89 bits per heavy atom. The van der Waals surface area contributed by atoms with Gasteiger partial charge in [0.15, 0.2) is 5.82 Å². The molecule has 2 aromatic rings. The molecular weight excluding hydrogens is 244 g/mol. The summed E-state index contributed by atoms with van der Waals surface area (Å²) in [5.74, 6) is 0.894. The van der Waals surface area contributed by atoms with E-state index < -0.39 is 0 Å². The van der Waals surface area contributed by atoms with Crippen molar-refractivity contribution in [2.45, 2.75) is 32.9 Å². The average Bonchev–Trinajstić information content (AvgIpc) is 2.85. The van der Waals surface area contributed by atoms with E-state index in [1.165, 1.54) is 0 Å². The second kappa shape index (κ2) is 5.90. The first-order valence-electron chi connectivity index (χ1n) is 6.20. The molecule has 0 fully saturated rings. The lowest BCUT2D eigenvalue weighted by atomic mass is 10.2. The van der Waals surface area contributed by atoms with Crippen molar-refractivity contribution in [2.75, 3.05) is 6.61 Å². The van der Waals surface area contributed by atoms with Crippen molar-refractivity contribution in [1.82, 2.24) is 15.1 Å². The first-order chi connectivity index (χ1) is 9.06. The van der Waals surface area contributed by atoms with Gasteiger partial charge in [0.1, 0.15) is 0 Å². The fourth-order valence-corrected chi connectivity index (χ4v) is 1.55. The molecular formula is C13H18N4O2. The molecule has 2 heterocycles. The quantitative estimate of drug-likeness (QED) is 0.885. The van der Waals surface area contributed by atoms with E-state index in [0.717, 1.165) is 11.3 Å². The van der Waals surface area contributed by atoms with Crippen LogP contribution in [0.3, 0.4) is 0 Å². The fourth-order valence-electron chi connectivity index (χ4n) is 1.55. The van der Waals surface area contributed by atoms with E-state index in [-0.39, 0.29) is 12.1 Å². The zero-order valence-electron chi connectivity index (χ0n) is 11.3. The molecule has 0 bridgehead atoms. The molecule has 2 aromatic heterocycles. The van der Waals surface area contributed by atoms with Crippen molar-refractivity contribution < 1.29 is 9.26 Å². The van der Waals surface area contributed by atoms with Gasteiger partial charge >= 0.3 is 0 Å². The number of hydrogen-bond acceptors (Lipinski definition) is 6. The molecule has 0 aliphatic carbocycles. The monoisotopic (exact) mass is 262 g/mol. The van der Waals surface area contributed by atoms with Crippen LogP contribution in [-0.4, -0.2) is 27.8 Å². The maximum atomic E-state index is 5.94. The molecule has 0 aliphatic heterocycles. The average molecular weight is 262 g/mol. The summed E-state index contributed by atoms with van der Waals surface area (Å²) >= 11 is 0. The van der Waals surface area contributed by atoms with Gasteiger partial charge in [0.2, 0.25) is 0 Å². The van der Waals surface area contributed by atoms with Crippen LogP contribution < -0.4 is 5.73 Å². The van der Waals surface area contributed by atoms with Crippen molar-refractivity contribution >= 4 is 0 Å². The summed E-state index contributed by atoms with van der Waals surface area (Å²) in [5, 5.41) is 3.89. The lowest BCUT2D eigenvalue weighted by Crippen LogP contribution is -2.20. The van der Waals surface area contributed by atoms with Crippen LogP contribution in [-0.2, 0) is 4.74 Å². The van der Waals surface area contributed by atoms with Crippen molar-refractivity contribution in [1.29, 1.82) is 0 Å². The molecule has 6 heteroatoms. The predicted molar refractivity (Wildman–Crippen MR) is 70.3 cm³/mol. The van der Waals surface area contributed by atoms with Crippen LogP contribution >= 0.6 is 0 Å². The van der Waals surface area contributed by atoms with E-state index in [9.17, 15) is 0 Å². The smallest absolute Gasteiger partial charge is 0.258 e. The summed E-state index contributed by atoms with van der Waals surface area (Å²) in [4.78, 5) is 8.41. The van der Waals surface area contributed by atoms with Crippen molar-refractivity contribution in [3.8, 4) is 11.5 Å². The minimum absolute atomic E-state index is 0.125. The number of aryl methyl sites for hydroxylation is 1. The highest BCUT2D eigenvalue weighted by Crippen LogP contribution is 2.19. The molecule has 0 saturated carbocycles. The minimum atomic E-state index is -0.386. The zero-order valence-corrected chi connectivity index (χ0v) is 11.3. The number of hydrogen-bond donors (Lipinski definition) is 1. The Hall–Kier alpha value is -1.79. The molecule has 0 saturated heterocycles. The number of ether oxygens (including phenoxy) is 1. The molecule has 6 nitrogen and oxygen atoms in total. The highest BCUT2D eigenvalue weighted by atomic mass is 16.5. The third-order valence-corrected chi connectivity index (χ3v) is 2.53. The predicted octanol–water partition coefficient (Wildman–Crippen LogP) is 1.86. The van der Waals surface area contributed by atoms with Gasteiger partial charge in [0.25, 0.3) is 5.89 Å². The molecule has 0 amide bonds. The van der Waals surface area contributed by atoms with Gasteiger partial charge in [-0.15, -0.1) is 0 Å². The van der Waals surface area contributed by atoms with Crippen molar-refractivity contribution in [3.05, 3.63) is 29.8 Å². The third kappa shape index (κ3) is 3.59. The van der Waals surface area contributed by atoms with Gasteiger partial charge in [0.05, 0.1) is 18.8 Å². The Bertz CT molecular complexity index is 539. The van der Waals surface area contributed by atoms with Crippen LogP contribution in [0, 0.1) is 6.92 Å².